The highest BCUT2D eigenvalue weighted by atomic mass is 32.2. The maximum absolute atomic E-state index is 14.0. The quantitative estimate of drug-likeness (QED) is 0.497. The van der Waals surface area contributed by atoms with E-state index in [4.69, 9.17) is 8.73 Å². The first kappa shape index (κ1) is 21.6. The van der Waals surface area contributed by atoms with E-state index >= 15 is 0 Å². The lowest BCUT2D eigenvalue weighted by atomic mass is 10.4. The van der Waals surface area contributed by atoms with Gasteiger partial charge in [0.2, 0.25) is 0 Å². The topological polar surface area (TPSA) is 58.9 Å². The second-order valence-corrected chi connectivity index (χ2v) is 13.3. The van der Waals surface area contributed by atoms with Crippen LogP contribution in [0.15, 0.2) is 79.2 Å². The van der Waals surface area contributed by atoms with E-state index in [1.807, 2.05) is 60.7 Å². The second kappa shape index (κ2) is 9.65. The van der Waals surface area contributed by atoms with Gasteiger partial charge in [-0.3, -0.25) is 0 Å². The molecule has 2 unspecified atom stereocenters. The molecule has 0 aliphatic heterocycles. The van der Waals surface area contributed by atoms with Crippen molar-refractivity contribution in [3.05, 3.63) is 60.7 Å². The zero-order valence-corrected chi connectivity index (χ0v) is 19.2. The Morgan fingerprint density at radius 2 is 0.933 bits per heavy atom. The van der Waals surface area contributed by atoms with Crippen molar-refractivity contribution in [1.29, 1.82) is 0 Å². The average molecular weight is 445 g/mol. The summed E-state index contributed by atoms with van der Waals surface area (Å²) in [6, 6.07) is 19.4. The van der Waals surface area contributed by atoms with Gasteiger partial charge in [-0.05, 0) is 49.9 Å². The first-order chi connectivity index (χ1) is 14.6. The van der Waals surface area contributed by atoms with Gasteiger partial charge in [0.1, 0.15) is 0 Å². The molecule has 0 heterocycles. The molecule has 0 aromatic heterocycles. The summed E-state index contributed by atoms with van der Waals surface area (Å²) in [5, 5.41) is 0.237. The monoisotopic (exact) mass is 444 g/mol. The van der Waals surface area contributed by atoms with Crippen LogP contribution in [0.25, 0.3) is 0 Å². The third-order valence-corrected chi connectivity index (χ3v) is 12.1. The molecular weight excluding hydrogens is 412 g/mol. The van der Waals surface area contributed by atoms with Crippen molar-refractivity contribution >= 4 is 19.5 Å². The van der Waals surface area contributed by atoms with E-state index in [2.05, 4.69) is 0 Å². The Bertz CT molecular complexity index is 967. The van der Waals surface area contributed by atoms with E-state index in [1.54, 1.807) is 0 Å². The maximum Gasteiger partial charge on any atom is 0.0781 e. The van der Waals surface area contributed by atoms with Gasteiger partial charge >= 0.3 is 0 Å². The minimum Gasteiger partial charge on any atom is -0.244 e. The second-order valence-electron chi connectivity index (χ2n) is 8.28. The Labute approximate surface area is 181 Å². The number of nitrogens with zero attached hydrogens (tertiary/aromatic N) is 2. The zero-order chi connectivity index (χ0) is 20.9. The van der Waals surface area contributed by atoms with Crippen molar-refractivity contribution in [2.45, 2.75) is 71.7 Å². The Balaban J connectivity index is 1.62. The van der Waals surface area contributed by atoms with E-state index < -0.39 is 19.5 Å². The summed E-state index contributed by atoms with van der Waals surface area (Å²) in [6.07, 6.45) is 8.37. The molecule has 2 aliphatic rings. The van der Waals surface area contributed by atoms with Crippen molar-refractivity contribution < 1.29 is 8.42 Å². The lowest BCUT2D eigenvalue weighted by molar-refractivity contribution is 0.655. The lowest BCUT2D eigenvalue weighted by Gasteiger charge is -2.18. The van der Waals surface area contributed by atoms with Gasteiger partial charge in [0, 0.05) is 20.3 Å². The number of hydrogen-bond acceptors (Lipinski definition) is 4. The van der Waals surface area contributed by atoms with Gasteiger partial charge in [-0.15, -0.1) is 0 Å². The van der Waals surface area contributed by atoms with Crippen molar-refractivity contribution in [2.75, 3.05) is 13.1 Å². The number of rotatable bonds is 7. The molecule has 0 spiro atoms. The molecule has 4 rings (SSSR count). The molecule has 2 aromatic carbocycles. The highest BCUT2D eigenvalue weighted by Gasteiger charge is 2.30. The fourth-order valence-corrected chi connectivity index (χ4v) is 9.98. The van der Waals surface area contributed by atoms with Crippen molar-refractivity contribution in [2.24, 2.45) is 8.73 Å². The summed E-state index contributed by atoms with van der Waals surface area (Å²) in [4.78, 5) is 1.66. The van der Waals surface area contributed by atoms with E-state index in [-0.39, 0.29) is 10.5 Å². The average Bonchev–Trinajstić information content (AvgIpc) is 3.53. The van der Waals surface area contributed by atoms with Crippen LogP contribution in [0.4, 0.5) is 0 Å². The van der Waals surface area contributed by atoms with Gasteiger partial charge in [-0.25, -0.2) is 17.1 Å². The van der Waals surface area contributed by atoms with Crippen LogP contribution in [0.3, 0.4) is 0 Å². The van der Waals surface area contributed by atoms with Crippen molar-refractivity contribution in [1.82, 2.24) is 0 Å². The van der Waals surface area contributed by atoms with Crippen LogP contribution in [-0.2, 0) is 19.5 Å². The third-order valence-electron chi connectivity index (χ3n) is 6.34. The molecule has 162 valence electrons. The Hall–Kier alpha value is -1.66. The van der Waals surface area contributed by atoms with Gasteiger partial charge in [-0.2, -0.15) is 0 Å². The van der Waals surface area contributed by atoms with Crippen molar-refractivity contribution in [3.63, 3.8) is 0 Å². The van der Waals surface area contributed by atoms with Crippen LogP contribution in [0.1, 0.15) is 51.4 Å². The van der Waals surface area contributed by atoms with E-state index in [0.29, 0.717) is 13.1 Å². The predicted octanol–water partition coefficient (Wildman–Crippen LogP) is 5.93. The summed E-state index contributed by atoms with van der Waals surface area (Å²) in [5.74, 6) is 0. The molecule has 4 nitrogen and oxygen atoms in total. The predicted molar refractivity (Wildman–Crippen MR) is 125 cm³/mol. The lowest BCUT2D eigenvalue weighted by Crippen LogP contribution is -2.20. The summed E-state index contributed by atoms with van der Waals surface area (Å²) in [7, 11) is -4.95. The van der Waals surface area contributed by atoms with Gasteiger partial charge in [0.25, 0.3) is 0 Å². The van der Waals surface area contributed by atoms with Gasteiger partial charge in [-0.1, -0.05) is 62.1 Å². The fourth-order valence-electron chi connectivity index (χ4n) is 4.74. The minimum absolute atomic E-state index is 0.119. The molecule has 30 heavy (non-hydrogen) atoms. The summed E-state index contributed by atoms with van der Waals surface area (Å²) in [5.41, 5.74) is 0. The Morgan fingerprint density at radius 1 is 0.600 bits per heavy atom. The van der Waals surface area contributed by atoms with E-state index in [0.717, 1.165) is 61.2 Å². The largest absolute Gasteiger partial charge is 0.244 e. The molecule has 0 bridgehead atoms. The summed E-state index contributed by atoms with van der Waals surface area (Å²) in [6.45, 7) is 0.724. The van der Waals surface area contributed by atoms with Gasteiger partial charge < -0.3 is 0 Å². The first-order valence-electron chi connectivity index (χ1n) is 11.2. The maximum atomic E-state index is 14.0. The molecule has 2 saturated carbocycles. The molecule has 2 aliphatic carbocycles. The molecule has 6 heteroatoms. The third kappa shape index (κ3) is 4.50. The fraction of sp³-hybridized carbons (Fsp3) is 0.500. The summed E-state index contributed by atoms with van der Waals surface area (Å²) < 4.78 is 37.4. The molecule has 2 atom stereocenters. The molecule has 0 radical (unpaired) electrons. The van der Waals surface area contributed by atoms with Crippen LogP contribution in [0.2, 0.25) is 0 Å². The molecular formula is C24H32N2O2S2. The Morgan fingerprint density at radius 3 is 1.27 bits per heavy atom. The van der Waals surface area contributed by atoms with Gasteiger partial charge in [0.15, 0.2) is 0 Å². The van der Waals surface area contributed by atoms with Crippen LogP contribution in [-0.4, -0.2) is 32.0 Å². The minimum atomic E-state index is -2.48. The SMILES string of the molecule is O=S(=NCCN=S(=O)(c1ccccc1)C1CCCC1)(c1ccccc1)C1CCCC1. The van der Waals surface area contributed by atoms with Crippen molar-refractivity contribution in [3.8, 4) is 0 Å². The molecule has 2 fully saturated rings. The molecule has 0 saturated heterocycles. The van der Waals surface area contributed by atoms with Crippen LogP contribution < -0.4 is 0 Å². The normalized spacial score (nSPS) is 21.7. The molecule has 2 aromatic rings. The smallest absolute Gasteiger partial charge is 0.0781 e. The van der Waals surface area contributed by atoms with Crippen LogP contribution >= 0.6 is 0 Å². The zero-order valence-electron chi connectivity index (χ0n) is 17.5. The number of benzene rings is 2. The standard InChI is InChI=1S/C24H32N2O2S2/c27-29(23-15-7-8-16-23,21-11-3-1-4-12-21)25-19-20-26-30(28,24-17-9-10-18-24)22-13-5-2-6-14-22/h1-6,11-14,23-24H,7-10,15-20H2. The van der Waals surface area contributed by atoms with Crippen LogP contribution in [0, 0.1) is 0 Å². The highest BCUT2D eigenvalue weighted by molar-refractivity contribution is 7.94. The van der Waals surface area contributed by atoms with E-state index in [1.165, 1.54) is 0 Å². The van der Waals surface area contributed by atoms with E-state index in [9.17, 15) is 8.42 Å². The molecule has 0 N–H and O–H groups in total. The van der Waals surface area contributed by atoms with Gasteiger partial charge in [0.05, 0.1) is 32.5 Å². The van der Waals surface area contributed by atoms with Crippen LogP contribution in [0.5, 0.6) is 0 Å². The molecule has 0 amide bonds. The Kier molecular flexibility index (Phi) is 6.94. The summed E-state index contributed by atoms with van der Waals surface area (Å²) >= 11 is 0. The highest BCUT2D eigenvalue weighted by Crippen LogP contribution is 2.33. The first-order valence-corrected chi connectivity index (χ1v) is 14.3. The number of hydrogen-bond donors (Lipinski definition) is 0.